The number of nitrogens with zero attached hydrogens (tertiary/aromatic N) is 1. The summed E-state index contributed by atoms with van der Waals surface area (Å²) >= 11 is 0. The van der Waals surface area contributed by atoms with Crippen LogP contribution in [-0.4, -0.2) is 11.5 Å². The second-order valence-corrected chi connectivity index (χ2v) is 10.7. The van der Waals surface area contributed by atoms with Crippen molar-refractivity contribution < 1.29 is 4.74 Å². The summed E-state index contributed by atoms with van der Waals surface area (Å²) in [6.07, 6.45) is 0. The monoisotopic (exact) mass is 455 g/mol. The van der Waals surface area contributed by atoms with Gasteiger partial charge in [0.25, 0.3) is 0 Å². The first-order valence-corrected chi connectivity index (χ1v) is 12.6. The van der Waals surface area contributed by atoms with Crippen LogP contribution in [0, 0.1) is 0 Å². The van der Waals surface area contributed by atoms with Crippen LogP contribution in [0.5, 0.6) is 5.75 Å². The zero-order chi connectivity index (χ0) is 24.0. The van der Waals surface area contributed by atoms with Crippen LogP contribution in [0.3, 0.4) is 0 Å². The van der Waals surface area contributed by atoms with Gasteiger partial charge >= 0.3 is 0 Å². The minimum absolute atomic E-state index is 0.512. The SMILES string of the molecule is COc1cc2c3cc4cc(C(C)C)ccc4cc3n3c4cc5ccc(C(C)C)cc5cc4c(c1)c23. The molecule has 35 heavy (non-hydrogen) atoms. The summed E-state index contributed by atoms with van der Waals surface area (Å²) in [6, 6.07) is 27.7. The highest BCUT2D eigenvalue weighted by molar-refractivity contribution is 6.26. The predicted octanol–water partition coefficient (Wildman–Crippen LogP) is 9.40. The molecule has 0 saturated carbocycles. The van der Waals surface area contributed by atoms with Crippen LogP contribution in [0.2, 0.25) is 0 Å². The molecule has 7 aromatic rings. The quantitative estimate of drug-likeness (QED) is 0.259. The Labute approximate surface area is 205 Å². The molecule has 0 saturated heterocycles. The fraction of sp³-hybridized carbons (Fsp3) is 0.212. The van der Waals surface area contributed by atoms with Gasteiger partial charge in [0.2, 0.25) is 0 Å². The van der Waals surface area contributed by atoms with E-state index in [0.29, 0.717) is 11.8 Å². The molecule has 0 amide bonds. The van der Waals surface area contributed by atoms with Crippen molar-refractivity contribution in [1.29, 1.82) is 0 Å². The highest BCUT2D eigenvalue weighted by Crippen LogP contribution is 2.43. The van der Waals surface area contributed by atoms with Gasteiger partial charge in [-0.1, -0.05) is 64.1 Å². The van der Waals surface area contributed by atoms with Gasteiger partial charge in [0.15, 0.2) is 0 Å². The molecule has 2 aromatic heterocycles. The van der Waals surface area contributed by atoms with Gasteiger partial charge in [-0.15, -0.1) is 0 Å². The van der Waals surface area contributed by atoms with E-state index in [1.807, 2.05) is 0 Å². The number of hydrogen-bond donors (Lipinski definition) is 0. The smallest absolute Gasteiger partial charge is 0.120 e. The summed E-state index contributed by atoms with van der Waals surface area (Å²) in [5.41, 5.74) is 6.56. The van der Waals surface area contributed by atoms with E-state index >= 15 is 0 Å². The van der Waals surface area contributed by atoms with Crippen LogP contribution in [0.25, 0.3) is 59.6 Å². The van der Waals surface area contributed by atoms with Crippen molar-refractivity contribution in [2.45, 2.75) is 39.5 Å². The Balaban J connectivity index is 1.66. The Morgan fingerprint density at radius 1 is 0.543 bits per heavy atom. The lowest BCUT2D eigenvalue weighted by Crippen LogP contribution is -1.88. The number of ether oxygens (including phenoxy) is 1. The second kappa shape index (κ2) is 7.11. The molecule has 7 rings (SSSR count). The average Bonchev–Trinajstić information content (AvgIpc) is 3.35. The standard InChI is InChI=1S/C33H29NO/c1-18(2)20-6-8-22-14-31-27(12-24(22)10-20)29-16-26(35-5)17-30-28-13-25-11-21(19(3)4)7-9-23(25)15-32(28)34(31)33(29)30/h6-19H,1-5H3. The van der Waals surface area contributed by atoms with Gasteiger partial charge in [-0.25, -0.2) is 0 Å². The first kappa shape index (κ1) is 20.6. The molecule has 0 bridgehead atoms. The number of hydrogen-bond acceptors (Lipinski definition) is 1. The van der Waals surface area contributed by atoms with Crippen molar-refractivity contribution in [3.8, 4) is 5.75 Å². The lowest BCUT2D eigenvalue weighted by Gasteiger charge is -2.09. The Kier molecular flexibility index (Phi) is 4.18. The van der Waals surface area contributed by atoms with E-state index in [0.717, 1.165) is 5.75 Å². The van der Waals surface area contributed by atoms with Crippen LogP contribution in [0.15, 0.2) is 72.8 Å². The highest BCUT2D eigenvalue weighted by atomic mass is 16.5. The van der Waals surface area contributed by atoms with Crippen LogP contribution in [0.1, 0.15) is 50.7 Å². The van der Waals surface area contributed by atoms with Gasteiger partial charge in [0.1, 0.15) is 5.75 Å². The summed E-state index contributed by atoms with van der Waals surface area (Å²) in [6.45, 7) is 9.03. The van der Waals surface area contributed by atoms with Gasteiger partial charge in [-0.3, -0.25) is 0 Å². The van der Waals surface area contributed by atoms with Crippen molar-refractivity contribution in [2.24, 2.45) is 0 Å². The third kappa shape index (κ3) is 2.83. The minimum atomic E-state index is 0.512. The third-order valence-corrected chi connectivity index (χ3v) is 7.90. The summed E-state index contributed by atoms with van der Waals surface area (Å²) in [5.74, 6) is 1.93. The van der Waals surface area contributed by atoms with Gasteiger partial charge in [0, 0.05) is 21.5 Å². The van der Waals surface area contributed by atoms with Crippen molar-refractivity contribution >= 4 is 59.6 Å². The fourth-order valence-corrected chi connectivity index (χ4v) is 5.88. The van der Waals surface area contributed by atoms with Crippen LogP contribution >= 0.6 is 0 Å². The summed E-state index contributed by atoms with van der Waals surface area (Å²) < 4.78 is 8.26. The molecule has 0 atom stereocenters. The molecule has 0 aliphatic carbocycles. The molecule has 2 heteroatoms. The fourth-order valence-electron chi connectivity index (χ4n) is 5.88. The maximum absolute atomic E-state index is 5.79. The average molecular weight is 456 g/mol. The summed E-state index contributed by atoms with van der Waals surface area (Å²) in [4.78, 5) is 0. The molecule has 5 aromatic carbocycles. The number of fused-ring (bicyclic) bond motifs is 8. The molecule has 0 aliphatic rings. The zero-order valence-corrected chi connectivity index (χ0v) is 20.9. The van der Waals surface area contributed by atoms with Crippen molar-refractivity contribution in [3.05, 3.63) is 83.9 Å². The Morgan fingerprint density at radius 3 is 1.46 bits per heavy atom. The van der Waals surface area contributed by atoms with Crippen LogP contribution < -0.4 is 4.74 Å². The molecule has 0 spiro atoms. The van der Waals surface area contributed by atoms with Crippen molar-refractivity contribution in [1.82, 2.24) is 4.40 Å². The predicted molar refractivity (Wildman–Crippen MR) is 151 cm³/mol. The second-order valence-electron chi connectivity index (χ2n) is 10.7. The van der Waals surface area contributed by atoms with E-state index in [1.165, 1.54) is 70.8 Å². The number of methoxy groups -OCH3 is 1. The van der Waals surface area contributed by atoms with Gasteiger partial charge in [-0.2, -0.15) is 0 Å². The Bertz CT molecular complexity index is 1800. The molecule has 0 radical (unpaired) electrons. The topological polar surface area (TPSA) is 13.6 Å². The molecule has 0 N–H and O–H groups in total. The molecule has 0 fully saturated rings. The number of rotatable bonds is 3. The first-order valence-electron chi connectivity index (χ1n) is 12.6. The van der Waals surface area contributed by atoms with E-state index in [-0.39, 0.29) is 0 Å². The number of benzene rings is 5. The van der Waals surface area contributed by atoms with Crippen LogP contribution in [0.4, 0.5) is 0 Å². The Morgan fingerprint density at radius 2 is 1.03 bits per heavy atom. The van der Waals surface area contributed by atoms with Gasteiger partial charge in [-0.05, 0) is 80.9 Å². The maximum atomic E-state index is 5.79. The minimum Gasteiger partial charge on any atom is -0.497 e. The van der Waals surface area contributed by atoms with E-state index in [1.54, 1.807) is 7.11 Å². The molecular weight excluding hydrogens is 426 g/mol. The first-order chi connectivity index (χ1) is 16.9. The van der Waals surface area contributed by atoms with Crippen LogP contribution in [-0.2, 0) is 0 Å². The van der Waals surface area contributed by atoms with Gasteiger partial charge < -0.3 is 9.14 Å². The van der Waals surface area contributed by atoms with E-state index in [2.05, 4.69) is 105 Å². The molecule has 172 valence electrons. The molecule has 2 nitrogen and oxygen atoms in total. The summed E-state index contributed by atoms with van der Waals surface area (Å²) in [5, 5.41) is 10.3. The van der Waals surface area contributed by atoms with E-state index < -0.39 is 0 Å². The van der Waals surface area contributed by atoms with Gasteiger partial charge in [0.05, 0.1) is 23.7 Å². The molecule has 2 heterocycles. The van der Waals surface area contributed by atoms with Crippen molar-refractivity contribution in [3.63, 3.8) is 0 Å². The summed E-state index contributed by atoms with van der Waals surface area (Å²) in [7, 11) is 1.77. The lowest BCUT2D eigenvalue weighted by molar-refractivity contribution is 0.416. The molecule has 0 unspecified atom stereocenters. The van der Waals surface area contributed by atoms with E-state index in [9.17, 15) is 0 Å². The molecule has 0 aliphatic heterocycles. The maximum Gasteiger partial charge on any atom is 0.120 e. The lowest BCUT2D eigenvalue weighted by atomic mass is 9.97. The number of aromatic nitrogens is 1. The van der Waals surface area contributed by atoms with E-state index in [4.69, 9.17) is 4.74 Å². The third-order valence-electron chi connectivity index (χ3n) is 7.90. The largest absolute Gasteiger partial charge is 0.497 e. The molecular formula is C33H29NO. The normalized spacial score (nSPS) is 12.7. The zero-order valence-electron chi connectivity index (χ0n) is 20.9. The highest BCUT2D eigenvalue weighted by Gasteiger charge is 2.20. The Hall–Kier alpha value is -3.78. The van der Waals surface area contributed by atoms with Crippen molar-refractivity contribution in [2.75, 3.05) is 7.11 Å².